The van der Waals surface area contributed by atoms with Gasteiger partial charge in [0.25, 0.3) is 0 Å². The number of aromatic nitrogens is 3. The summed E-state index contributed by atoms with van der Waals surface area (Å²) in [6.07, 6.45) is 3.97. The van der Waals surface area contributed by atoms with Crippen LogP contribution in [0.2, 0.25) is 0 Å². The predicted octanol–water partition coefficient (Wildman–Crippen LogP) is 1.61. The summed E-state index contributed by atoms with van der Waals surface area (Å²) in [6.45, 7) is 6.33. The summed E-state index contributed by atoms with van der Waals surface area (Å²) in [6, 6.07) is 0. The van der Waals surface area contributed by atoms with Gasteiger partial charge in [-0.25, -0.2) is 0 Å². The molecule has 2 aromatic rings. The molecule has 20 heavy (non-hydrogen) atoms. The summed E-state index contributed by atoms with van der Waals surface area (Å²) in [5.41, 5.74) is 3.96. The van der Waals surface area contributed by atoms with Crippen LogP contribution in [0.5, 0.6) is 0 Å². The lowest BCUT2D eigenvalue weighted by molar-refractivity contribution is -0.120. The van der Waals surface area contributed by atoms with Crippen LogP contribution < -0.4 is 5.32 Å². The van der Waals surface area contributed by atoms with E-state index in [-0.39, 0.29) is 5.91 Å². The molecule has 2 N–H and O–H groups in total. The number of carbonyl (C=O) groups is 1. The van der Waals surface area contributed by atoms with Gasteiger partial charge in [0.2, 0.25) is 5.91 Å². The van der Waals surface area contributed by atoms with Crippen LogP contribution >= 0.6 is 0 Å². The van der Waals surface area contributed by atoms with Gasteiger partial charge in [-0.1, -0.05) is 5.16 Å². The molecule has 0 aromatic carbocycles. The zero-order valence-corrected chi connectivity index (χ0v) is 12.1. The molecule has 0 aliphatic rings. The van der Waals surface area contributed by atoms with Crippen LogP contribution in [-0.4, -0.2) is 27.8 Å². The van der Waals surface area contributed by atoms with Crippen LogP contribution in [0.15, 0.2) is 10.7 Å². The molecule has 2 heterocycles. The molecule has 2 aromatic heterocycles. The smallest absolute Gasteiger partial charge is 0.224 e. The molecule has 1 amide bonds. The Kier molecular flexibility index (Phi) is 4.55. The highest BCUT2D eigenvalue weighted by atomic mass is 16.5. The largest absolute Gasteiger partial charge is 0.361 e. The summed E-state index contributed by atoms with van der Waals surface area (Å²) >= 11 is 0. The highest BCUT2D eigenvalue weighted by Crippen LogP contribution is 2.12. The lowest BCUT2D eigenvalue weighted by Gasteiger charge is -2.05. The van der Waals surface area contributed by atoms with Crippen LogP contribution in [0.3, 0.4) is 0 Å². The van der Waals surface area contributed by atoms with Gasteiger partial charge in [0.15, 0.2) is 0 Å². The van der Waals surface area contributed by atoms with E-state index >= 15 is 0 Å². The number of hydrogen-bond acceptors (Lipinski definition) is 4. The Hall–Kier alpha value is -2.11. The van der Waals surface area contributed by atoms with Crippen LogP contribution in [0.4, 0.5) is 0 Å². The number of nitrogens with zero attached hydrogens (tertiary/aromatic N) is 2. The van der Waals surface area contributed by atoms with E-state index in [0.717, 1.165) is 29.8 Å². The topological polar surface area (TPSA) is 83.8 Å². The monoisotopic (exact) mass is 276 g/mol. The van der Waals surface area contributed by atoms with Gasteiger partial charge < -0.3 is 9.84 Å². The Labute approximate surface area is 117 Å². The number of nitrogens with one attached hydrogen (secondary N) is 2. The number of aryl methyl sites for hydroxylation is 4. The third-order valence-corrected chi connectivity index (χ3v) is 3.40. The highest BCUT2D eigenvalue weighted by molar-refractivity contribution is 5.78. The molecule has 2 rings (SSSR count). The summed E-state index contributed by atoms with van der Waals surface area (Å²) in [5, 5.41) is 13.6. The van der Waals surface area contributed by atoms with E-state index in [0.29, 0.717) is 18.7 Å². The first-order valence-electron chi connectivity index (χ1n) is 6.75. The van der Waals surface area contributed by atoms with Crippen molar-refractivity contribution in [3.63, 3.8) is 0 Å². The predicted molar refractivity (Wildman–Crippen MR) is 74.3 cm³/mol. The fourth-order valence-electron chi connectivity index (χ4n) is 2.11. The van der Waals surface area contributed by atoms with Gasteiger partial charge in [0.05, 0.1) is 18.3 Å². The van der Waals surface area contributed by atoms with Crippen molar-refractivity contribution in [2.75, 3.05) is 6.54 Å². The molecule has 0 spiro atoms. The second-order valence-electron chi connectivity index (χ2n) is 4.95. The maximum atomic E-state index is 11.8. The average molecular weight is 276 g/mol. The van der Waals surface area contributed by atoms with E-state index in [1.165, 1.54) is 5.56 Å². The Bertz CT molecular complexity index is 566. The van der Waals surface area contributed by atoms with Gasteiger partial charge in [-0.05, 0) is 39.2 Å². The van der Waals surface area contributed by atoms with Crippen molar-refractivity contribution in [3.05, 3.63) is 34.5 Å². The molecule has 0 aliphatic carbocycles. The summed E-state index contributed by atoms with van der Waals surface area (Å²) in [7, 11) is 0. The lowest BCUT2D eigenvalue weighted by atomic mass is 10.1. The van der Waals surface area contributed by atoms with Gasteiger partial charge in [0, 0.05) is 17.8 Å². The normalized spacial score (nSPS) is 10.8. The zero-order valence-electron chi connectivity index (χ0n) is 12.1. The van der Waals surface area contributed by atoms with E-state index in [2.05, 4.69) is 20.7 Å². The first-order chi connectivity index (χ1) is 9.58. The van der Waals surface area contributed by atoms with Gasteiger partial charge in [-0.3, -0.25) is 9.89 Å². The first-order valence-corrected chi connectivity index (χ1v) is 6.75. The average Bonchev–Trinajstić information content (AvgIpc) is 2.95. The van der Waals surface area contributed by atoms with Crippen LogP contribution in [0, 0.1) is 20.8 Å². The summed E-state index contributed by atoms with van der Waals surface area (Å²) in [5.74, 6) is 0.718. The molecule has 0 bridgehead atoms. The van der Waals surface area contributed by atoms with E-state index in [9.17, 15) is 4.79 Å². The van der Waals surface area contributed by atoms with Gasteiger partial charge >= 0.3 is 0 Å². The maximum Gasteiger partial charge on any atom is 0.224 e. The number of H-pyrrole nitrogens is 1. The third-order valence-electron chi connectivity index (χ3n) is 3.40. The first kappa shape index (κ1) is 14.3. The Morgan fingerprint density at radius 3 is 2.80 bits per heavy atom. The molecule has 6 nitrogen and oxygen atoms in total. The van der Waals surface area contributed by atoms with Crippen molar-refractivity contribution < 1.29 is 9.32 Å². The Morgan fingerprint density at radius 1 is 1.40 bits per heavy atom. The number of aromatic amines is 1. The van der Waals surface area contributed by atoms with Gasteiger partial charge in [-0.15, -0.1) is 0 Å². The van der Waals surface area contributed by atoms with E-state index < -0.39 is 0 Å². The molecule has 0 atom stereocenters. The van der Waals surface area contributed by atoms with Crippen molar-refractivity contribution >= 4 is 5.91 Å². The van der Waals surface area contributed by atoms with Crippen LogP contribution in [-0.2, 0) is 17.6 Å². The van der Waals surface area contributed by atoms with Crippen molar-refractivity contribution in [2.24, 2.45) is 0 Å². The Balaban J connectivity index is 1.72. The van der Waals surface area contributed by atoms with Crippen molar-refractivity contribution in [2.45, 2.75) is 40.0 Å². The quantitative estimate of drug-likeness (QED) is 0.785. The molecule has 0 radical (unpaired) electrons. The molecule has 0 saturated carbocycles. The molecule has 0 fully saturated rings. The van der Waals surface area contributed by atoms with Gasteiger partial charge in [-0.2, -0.15) is 5.10 Å². The summed E-state index contributed by atoms with van der Waals surface area (Å²) in [4.78, 5) is 11.8. The SMILES string of the molecule is Cc1noc(C)c1CC(=O)NCCCc1cn[nH]c1C. The Morgan fingerprint density at radius 2 is 2.20 bits per heavy atom. The number of amides is 1. The minimum absolute atomic E-state index is 0.00307. The molecule has 108 valence electrons. The van der Waals surface area contributed by atoms with E-state index in [1.54, 1.807) is 0 Å². The second-order valence-corrected chi connectivity index (χ2v) is 4.95. The molecule has 0 aliphatic heterocycles. The minimum Gasteiger partial charge on any atom is -0.361 e. The molecule has 0 saturated heterocycles. The van der Waals surface area contributed by atoms with E-state index in [4.69, 9.17) is 4.52 Å². The number of hydrogen-bond donors (Lipinski definition) is 2. The number of carbonyl (C=O) groups excluding carboxylic acids is 1. The molecular formula is C14H20N4O2. The lowest BCUT2D eigenvalue weighted by Crippen LogP contribution is -2.26. The van der Waals surface area contributed by atoms with E-state index in [1.807, 2.05) is 27.0 Å². The van der Waals surface area contributed by atoms with Crippen molar-refractivity contribution in [1.82, 2.24) is 20.7 Å². The fraction of sp³-hybridized carbons (Fsp3) is 0.500. The maximum absolute atomic E-state index is 11.8. The fourth-order valence-corrected chi connectivity index (χ4v) is 2.11. The van der Waals surface area contributed by atoms with Crippen LogP contribution in [0.1, 0.15) is 34.7 Å². The third kappa shape index (κ3) is 3.46. The standard InChI is InChI=1S/C14H20N4O2/c1-9-12(8-16-17-9)5-4-6-15-14(19)7-13-10(2)18-20-11(13)3/h8H,4-7H2,1-3H3,(H,15,19)(H,16,17). The molecule has 0 unspecified atom stereocenters. The van der Waals surface area contributed by atoms with Gasteiger partial charge in [0.1, 0.15) is 5.76 Å². The summed E-state index contributed by atoms with van der Waals surface area (Å²) < 4.78 is 5.04. The molecule has 6 heteroatoms. The number of rotatable bonds is 6. The minimum atomic E-state index is 0.00307. The van der Waals surface area contributed by atoms with Crippen molar-refractivity contribution in [3.8, 4) is 0 Å². The zero-order chi connectivity index (χ0) is 14.5. The van der Waals surface area contributed by atoms with Crippen LogP contribution in [0.25, 0.3) is 0 Å². The molecular weight excluding hydrogens is 256 g/mol. The van der Waals surface area contributed by atoms with Crippen molar-refractivity contribution in [1.29, 1.82) is 0 Å². The highest BCUT2D eigenvalue weighted by Gasteiger charge is 2.12. The second kappa shape index (κ2) is 6.36.